The third-order valence-electron chi connectivity index (χ3n) is 3.80. The van der Waals surface area contributed by atoms with Gasteiger partial charge in [-0.05, 0) is 27.8 Å². The van der Waals surface area contributed by atoms with Gasteiger partial charge in [-0.3, -0.25) is 0 Å². The summed E-state index contributed by atoms with van der Waals surface area (Å²) >= 11 is 0. The SMILES string of the molecule is CC(C)COC(c1ccccc1)c1cccc2ccccc12.CCC. The van der Waals surface area contributed by atoms with Crippen LogP contribution in [0.4, 0.5) is 0 Å². The predicted octanol–water partition coefficient (Wildman–Crippen LogP) is 7.02. The zero-order valence-electron chi connectivity index (χ0n) is 15.9. The first-order chi connectivity index (χ1) is 12.2. The van der Waals surface area contributed by atoms with E-state index in [2.05, 4.69) is 94.4 Å². The van der Waals surface area contributed by atoms with Gasteiger partial charge >= 0.3 is 0 Å². The van der Waals surface area contributed by atoms with E-state index in [1.165, 1.54) is 28.3 Å². The maximum atomic E-state index is 6.28. The zero-order chi connectivity index (χ0) is 18.1. The molecule has 0 radical (unpaired) electrons. The predicted molar refractivity (Wildman–Crippen MR) is 109 cm³/mol. The summed E-state index contributed by atoms with van der Waals surface area (Å²) in [5.41, 5.74) is 2.45. The van der Waals surface area contributed by atoms with Crippen molar-refractivity contribution < 1.29 is 4.74 Å². The Morgan fingerprint density at radius 3 is 2.04 bits per heavy atom. The van der Waals surface area contributed by atoms with Crippen LogP contribution in [0.15, 0.2) is 72.8 Å². The van der Waals surface area contributed by atoms with Gasteiger partial charge in [-0.15, -0.1) is 0 Å². The lowest BCUT2D eigenvalue weighted by atomic mass is 9.95. The standard InChI is InChI=1S/C21H22O.C3H8/c1-16(2)15-22-21(18-10-4-3-5-11-18)20-14-8-12-17-9-6-7-13-19(17)20;1-3-2/h3-14,16,21H,15H2,1-2H3;3H2,1-2H3. The molecule has 3 aromatic carbocycles. The van der Waals surface area contributed by atoms with Crippen molar-refractivity contribution in [3.63, 3.8) is 0 Å². The summed E-state index contributed by atoms with van der Waals surface area (Å²) in [6.45, 7) is 9.37. The lowest BCUT2D eigenvalue weighted by Gasteiger charge is -2.22. The van der Waals surface area contributed by atoms with Crippen molar-refractivity contribution in [3.8, 4) is 0 Å². The van der Waals surface area contributed by atoms with E-state index in [9.17, 15) is 0 Å². The second-order valence-corrected chi connectivity index (χ2v) is 6.79. The summed E-state index contributed by atoms with van der Waals surface area (Å²) < 4.78 is 6.28. The lowest BCUT2D eigenvalue weighted by Crippen LogP contribution is -2.11. The molecular formula is C24H30O. The summed E-state index contributed by atoms with van der Waals surface area (Å²) in [7, 11) is 0. The zero-order valence-corrected chi connectivity index (χ0v) is 15.9. The van der Waals surface area contributed by atoms with Crippen molar-refractivity contribution in [2.75, 3.05) is 6.61 Å². The van der Waals surface area contributed by atoms with Crippen LogP contribution in [-0.4, -0.2) is 6.61 Å². The molecule has 0 spiro atoms. The Morgan fingerprint density at radius 1 is 0.760 bits per heavy atom. The molecule has 0 bridgehead atoms. The minimum atomic E-state index is -0.0188. The highest BCUT2D eigenvalue weighted by Crippen LogP contribution is 2.32. The van der Waals surface area contributed by atoms with Gasteiger partial charge in [-0.25, -0.2) is 0 Å². The van der Waals surface area contributed by atoms with Crippen molar-refractivity contribution in [1.82, 2.24) is 0 Å². The van der Waals surface area contributed by atoms with Gasteiger partial charge in [-0.2, -0.15) is 0 Å². The number of rotatable bonds is 5. The number of benzene rings is 3. The van der Waals surface area contributed by atoms with E-state index in [4.69, 9.17) is 4.74 Å². The van der Waals surface area contributed by atoms with Gasteiger partial charge in [0, 0.05) is 0 Å². The molecule has 0 saturated heterocycles. The van der Waals surface area contributed by atoms with E-state index < -0.39 is 0 Å². The molecule has 1 atom stereocenters. The fourth-order valence-electron chi connectivity index (χ4n) is 2.76. The fraction of sp³-hybridized carbons (Fsp3) is 0.333. The minimum absolute atomic E-state index is 0.0188. The Hall–Kier alpha value is -2.12. The molecule has 0 saturated carbocycles. The van der Waals surface area contributed by atoms with Crippen LogP contribution in [0.25, 0.3) is 10.8 Å². The highest BCUT2D eigenvalue weighted by Gasteiger charge is 2.17. The smallest absolute Gasteiger partial charge is 0.108 e. The fourth-order valence-corrected chi connectivity index (χ4v) is 2.76. The van der Waals surface area contributed by atoms with Crippen LogP contribution in [0.1, 0.15) is 51.3 Å². The third-order valence-corrected chi connectivity index (χ3v) is 3.80. The van der Waals surface area contributed by atoms with Crippen LogP contribution >= 0.6 is 0 Å². The maximum Gasteiger partial charge on any atom is 0.108 e. The quantitative estimate of drug-likeness (QED) is 0.487. The van der Waals surface area contributed by atoms with Crippen LogP contribution in [0, 0.1) is 5.92 Å². The van der Waals surface area contributed by atoms with Gasteiger partial charge in [0.15, 0.2) is 0 Å². The van der Waals surface area contributed by atoms with E-state index in [0.717, 1.165) is 6.61 Å². The van der Waals surface area contributed by atoms with Crippen molar-refractivity contribution in [3.05, 3.63) is 83.9 Å². The molecule has 0 aliphatic carbocycles. The lowest BCUT2D eigenvalue weighted by molar-refractivity contribution is 0.0610. The molecular weight excluding hydrogens is 304 g/mol. The van der Waals surface area contributed by atoms with Crippen molar-refractivity contribution in [2.24, 2.45) is 5.92 Å². The summed E-state index contributed by atoms with van der Waals surface area (Å²) in [4.78, 5) is 0. The Balaban J connectivity index is 0.000000701. The largest absolute Gasteiger partial charge is 0.368 e. The Bertz CT molecular complexity index is 741. The highest BCUT2D eigenvalue weighted by molar-refractivity contribution is 5.86. The Morgan fingerprint density at radius 2 is 1.36 bits per heavy atom. The van der Waals surface area contributed by atoms with Crippen LogP contribution in [0.2, 0.25) is 0 Å². The number of hydrogen-bond acceptors (Lipinski definition) is 1. The van der Waals surface area contributed by atoms with E-state index in [1.54, 1.807) is 0 Å². The molecule has 0 aromatic heterocycles. The van der Waals surface area contributed by atoms with Gasteiger partial charge in [0.25, 0.3) is 0 Å². The molecule has 0 N–H and O–H groups in total. The van der Waals surface area contributed by atoms with Gasteiger partial charge in [0.05, 0.1) is 6.61 Å². The number of hydrogen-bond donors (Lipinski definition) is 0. The molecule has 0 aliphatic rings. The molecule has 132 valence electrons. The molecule has 1 unspecified atom stereocenters. The van der Waals surface area contributed by atoms with E-state index in [0.29, 0.717) is 5.92 Å². The van der Waals surface area contributed by atoms with Crippen molar-refractivity contribution in [2.45, 2.75) is 40.2 Å². The molecule has 3 aromatic rings. The van der Waals surface area contributed by atoms with Crippen molar-refractivity contribution >= 4 is 10.8 Å². The summed E-state index contributed by atoms with van der Waals surface area (Å²) in [5.74, 6) is 0.515. The maximum absolute atomic E-state index is 6.28. The van der Waals surface area contributed by atoms with Crippen LogP contribution in [0.5, 0.6) is 0 Å². The minimum Gasteiger partial charge on any atom is -0.368 e. The third kappa shape index (κ3) is 5.44. The normalized spacial score (nSPS) is 11.9. The molecule has 0 fully saturated rings. The summed E-state index contributed by atoms with van der Waals surface area (Å²) in [6.07, 6.45) is 1.23. The van der Waals surface area contributed by atoms with E-state index in [1.807, 2.05) is 6.07 Å². The van der Waals surface area contributed by atoms with Crippen molar-refractivity contribution in [1.29, 1.82) is 0 Å². The average molecular weight is 335 g/mol. The van der Waals surface area contributed by atoms with E-state index >= 15 is 0 Å². The van der Waals surface area contributed by atoms with Crippen LogP contribution in [0.3, 0.4) is 0 Å². The Labute approximate surface area is 152 Å². The van der Waals surface area contributed by atoms with Gasteiger partial charge in [0.2, 0.25) is 0 Å². The molecule has 0 amide bonds. The topological polar surface area (TPSA) is 9.23 Å². The van der Waals surface area contributed by atoms with Gasteiger partial charge < -0.3 is 4.74 Å². The summed E-state index contributed by atoms with van der Waals surface area (Å²) in [6, 6.07) is 25.5. The summed E-state index contributed by atoms with van der Waals surface area (Å²) in [5, 5.41) is 2.52. The molecule has 0 aliphatic heterocycles. The number of fused-ring (bicyclic) bond motifs is 1. The van der Waals surface area contributed by atoms with Gasteiger partial charge in [0.1, 0.15) is 6.10 Å². The molecule has 25 heavy (non-hydrogen) atoms. The molecule has 1 heteroatoms. The number of ether oxygens (including phenoxy) is 1. The molecule has 3 rings (SSSR count). The first-order valence-corrected chi connectivity index (χ1v) is 9.31. The van der Waals surface area contributed by atoms with Crippen LogP contribution in [-0.2, 0) is 4.74 Å². The average Bonchev–Trinajstić information content (AvgIpc) is 2.63. The first-order valence-electron chi connectivity index (χ1n) is 9.31. The second kappa shape index (κ2) is 10.0. The molecule has 0 heterocycles. The van der Waals surface area contributed by atoms with Gasteiger partial charge in [-0.1, -0.05) is 107 Å². The first kappa shape index (κ1) is 19.2. The molecule has 1 nitrogen and oxygen atoms in total. The second-order valence-electron chi connectivity index (χ2n) is 6.79. The highest BCUT2D eigenvalue weighted by atomic mass is 16.5. The van der Waals surface area contributed by atoms with Crippen LogP contribution < -0.4 is 0 Å². The Kier molecular flexibility index (Phi) is 7.69. The van der Waals surface area contributed by atoms with E-state index in [-0.39, 0.29) is 6.10 Å². The monoisotopic (exact) mass is 334 g/mol.